The summed E-state index contributed by atoms with van der Waals surface area (Å²) < 4.78 is 23.6. The van der Waals surface area contributed by atoms with E-state index < -0.39 is 22.7 Å². The van der Waals surface area contributed by atoms with Crippen LogP contribution in [0.1, 0.15) is 17.4 Å². The lowest BCUT2D eigenvalue weighted by atomic mass is 10.0. The summed E-state index contributed by atoms with van der Waals surface area (Å²) in [5.74, 6) is -0.514. The second-order valence-corrected chi connectivity index (χ2v) is 3.80. The molecular formula is C12H11FN2O4. The predicted molar refractivity (Wildman–Crippen MR) is 64.3 cm³/mol. The van der Waals surface area contributed by atoms with Crippen LogP contribution in [0.3, 0.4) is 0 Å². The van der Waals surface area contributed by atoms with Crippen LogP contribution in [0.15, 0.2) is 34.7 Å². The van der Waals surface area contributed by atoms with Crippen LogP contribution >= 0.6 is 0 Å². The first-order valence-corrected chi connectivity index (χ1v) is 5.36. The lowest BCUT2D eigenvalue weighted by Crippen LogP contribution is -2.12. The summed E-state index contributed by atoms with van der Waals surface area (Å²) in [5.41, 5.74) is 6.00. The van der Waals surface area contributed by atoms with E-state index in [4.69, 9.17) is 14.9 Å². The molecule has 7 heteroatoms. The fourth-order valence-electron chi connectivity index (χ4n) is 1.65. The van der Waals surface area contributed by atoms with Gasteiger partial charge in [0, 0.05) is 11.6 Å². The Kier molecular flexibility index (Phi) is 3.48. The number of halogens is 1. The Hall–Kier alpha value is -2.41. The Bertz CT molecular complexity index is 612. The lowest BCUT2D eigenvalue weighted by Gasteiger charge is -2.11. The molecule has 1 aromatic carbocycles. The molecule has 19 heavy (non-hydrogen) atoms. The summed E-state index contributed by atoms with van der Waals surface area (Å²) in [5, 5.41) is 10.5. The fourth-order valence-corrected chi connectivity index (χ4v) is 1.65. The Balaban J connectivity index is 2.32. The topological polar surface area (TPSA) is 91.5 Å². The SMILES string of the molecule is COc1ccc(C(N)c2ccc([N+](=O)[O-])o2)c(F)c1. The molecule has 0 bridgehead atoms. The molecule has 0 amide bonds. The molecule has 0 aliphatic carbocycles. The van der Waals surface area contributed by atoms with Gasteiger partial charge in [-0.2, -0.15) is 0 Å². The number of methoxy groups -OCH3 is 1. The van der Waals surface area contributed by atoms with Gasteiger partial charge in [-0.05, 0) is 12.1 Å². The number of hydrogen-bond acceptors (Lipinski definition) is 5. The number of rotatable bonds is 4. The smallest absolute Gasteiger partial charge is 0.433 e. The van der Waals surface area contributed by atoms with Crippen molar-refractivity contribution >= 4 is 5.88 Å². The number of benzene rings is 1. The highest BCUT2D eigenvalue weighted by molar-refractivity contribution is 5.35. The normalized spacial score (nSPS) is 12.2. The van der Waals surface area contributed by atoms with Gasteiger partial charge >= 0.3 is 5.88 Å². The number of nitrogens with zero attached hydrogens (tertiary/aromatic N) is 1. The maximum Gasteiger partial charge on any atom is 0.433 e. The van der Waals surface area contributed by atoms with Crippen molar-refractivity contribution in [3.8, 4) is 5.75 Å². The minimum Gasteiger partial charge on any atom is -0.497 e. The maximum absolute atomic E-state index is 13.8. The van der Waals surface area contributed by atoms with E-state index in [1.54, 1.807) is 6.07 Å². The molecule has 2 aromatic rings. The molecule has 0 saturated heterocycles. The van der Waals surface area contributed by atoms with E-state index in [9.17, 15) is 14.5 Å². The summed E-state index contributed by atoms with van der Waals surface area (Å²) in [4.78, 5) is 9.82. The second kappa shape index (κ2) is 5.07. The number of nitro groups is 1. The average Bonchev–Trinajstić information content (AvgIpc) is 2.87. The number of hydrogen-bond donors (Lipinski definition) is 1. The quantitative estimate of drug-likeness (QED) is 0.677. The summed E-state index contributed by atoms with van der Waals surface area (Å²) in [7, 11) is 1.42. The number of nitrogens with two attached hydrogens (primary N) is 1. The Morgan fingerprint density at radius 2 is 2.16 bits per heavy atom. The van der Waals surface area contributed by atoms with Crippen LogP contribution in [0, 0.1) is 15.9 Å². The molecule has 6 nitrogen and oxygen atoms in total. The highest BCUT2D eigenvalue weighted by Crippen LogP contribution is 2.28. The second-order valence-electron chi connectivity index (χ2n) is 3.80. The summed E-state index contributed by atoms with van der Waals surface area (Å²) >= 11 is 0. The lowest BCUT2D eigenvalue weighted by molar-refractivity contribution is -0.402. The zero-order chi connectivity index (χ0) is 14.0. The third kappa shape index (κ3) is 2.55. The van der Waals surface area contributed by atoms with E-state index in [2.05, 4.69) is 0 Å². The summed E-state index contributed by atoms with van der Waals surface area (Å²) in [6.45, 7) is 0. The van der Waals surface area contributed by atoms with Crippen LogP contribution in [0.25, 0.3) is 0 Å². The van der Waals surface area contributed by atoms with E-state index >= 15 is 0 Å². The van der Waals surface area contributed by atoms with Crippen molar-refractivity contribution in [2.24, 2.45) is 5.73 Å². The van der Waals surface area contributed by atoms with Crippen molar-refractivity contribution < 1.29 is 18.5 Å². The number of ether oxygens (including phenoxy) is 1. The zero-order valence-corrected chi connectivity index (χ0v) is 10.00. The van der Waals surface area contributed by atoms with Gasteiger partial charge in [0.2, 0.25) is 0 Å². The van der Waals surface area contributed by atoms with Crippen LogP contribution < -0.4 is 10.5 Å². The molecule has 0 saturated carbocycles. The van der Waals surface area contributed by atoms with Crippen molar-refractivity contribution in [2.75, 3.05) is 7.11 Å². The van der Waals surface area contributed by atoms with Crippen LogP contribution in [0.5, 0.6) is 5.75 Å². The van der Waals surface area contributed by atoms with Crippen LogP contribution in [-0.2, 0) is 0 Å². The predicted octanol–water partition coefficient (Wildman–Crippen LogP) is 2.38. The van der Waals surface area contributed by atoms with Gasteiger partial charge in [0.1, 0.15) is 22.3 Å². The van der Waals surface area contributed by atoms with E-state index in [0.717, 1.165) is 0 Å². The minimum atomic E-state index is -0.917. The fraction of sp³-hybridized carbons (Fsp3) is 0.167. The molecular weight excluding hydrogens is 255 g/mol. The first kappa shape index (κ1) is 13.0. The Labute approximate surface area is 107 Å². The van der Waals surface area contributed by atoms with Gasteiger partial charge < -0.3 is 14.9 Å². The third-order valence-electron chi connectivity index (χ3n) is 2.64. The first-order valence-electron chi connectivity index (χ1n) is 5.36. The molecule has 1 aromatic heterocycles. The van der Waals surface area contributed by atoms with Crippen molar-refractivity contribution in [3.63, 3.8) is 0 Å². The molecule has 0 fully saturated rings. The molecule has 0 aliphatic rings. The molecule has 0 radical (unpaired) electrons. The zero-order valence-electron chi connectivity index (χ0n) is 10.00. The van der Waals surface area contributed by atoms with Crippen LogP contribution in [-0.4, -0.2) is 12.0 Å². The maximum atomic E-state index is 13.8. The van der Waals surface area contributed by atoms with Crippen molar-refractivity contribution in [3.05, 3.63) is 57.6 Å². The van der Waals surface area contributed by atoms with Gasteiger partial charge in [0.15, 0.2) is 0 Å². The molecule has 1 heterocycles. The van der Waals surface area contributed by atoms with Crippen molar-refractivity contribution in [2.45, 2.75) is 6.04 Å². The van der Waals surface area contributed by atoms with Gasteiger partial charge in [-0.25, -0.2) is 4.39 Å². The monoisotopic (exact) mass is 266 g/mol. The molecule has 0 spiro atoms. The highest BCUT2D eigenvalue weighted by atomic mass is 19.1. The molecule has 100 valence electrons. The average molecular weight is 266 g/mol. The van der Waals surface area contributed by atoms with Crippen molar-refractivity contribution in [1.82, 2.24) is 0 Å². The summed E-state index contributed by atoms with van der Waals surface area (Å²) in [6.07, 6.45) is 0. The van der Waals surface area contributed by atoms with Gasteiger partial charge in [0.25, 0.3) is 0 Å². The standard InChI is InChI=1S/C12H11FN2O4/c1-18-7-2-3-8(9(13)6-7)12(14)10-4-5-11(19-10)15(16)17/h2-6,12H,14H2,1H3. The largest absolute Gasteiger partial charge is 0.497 e. The van der Waals surface area contributed by atoms with Gasteiger partial charge in [-0.15, -0.1) is 0 Å². The Morgan fingerprint density at radius 1 is 1.42 bits per heavy atom. The highest BCUT2D eigenvalue weighted by Gasteiger charge is 2.20. The molecule has 1 atom stereocenters. The minimum absolute atomic E-state index is 0.121. The summed E-state index contributed by atoms with van der Waals surface area (Å²) in [6, 6.07) is 5.80. The number of furan rings is 1. The van der Waals surface area contributed by atoms with Gasteiger partial charge in [0.05, 0.1) is 19.2 Å². The molecule has 2 N–H and O–H groups in total. The van der Waals surface area contributed by atoms with E-state index in [1.807, 2.05) is 0 Å². The Morgan fingerprint density at radius 3 is 2.68 bits per heavy atom. The van der Waals surface area contributed by atoms with Gasteiger partial charge in [-0.3, -0.25) is 10.1 Å². The van der Waals surface area contributed by atoms with Gasteiger partial charge in [-0.1, -0.05) is 6.07 Å². The third-order valence-corrected chi connectivity index (χ3v) is 2.64. The van der Waals surface area contributed by atoms with E-state index in [0.29, 0.717) is 5.75 Å². The van der Waals surface area contributed by atoms with Crippen molar-refractivity contribution in [1.29, 1.82) is 0 Å². The molecule has 2 rings (SSSR count). The molecule has 1 unspecified atom stereocenters. The van der Waals surface area contributed by atoms with E-state index in [-0.39, 0.29) is 11.3 Å². The van der Waals surface area contributed by atoms with E-state index in [1.165, 1.54) is 31.4 Å². The first-order chi connectivity index (χ1) is 9.02. The molecule has 0 aliphatic heterocycles. The van der Waals surface area contributed by atoms with Crippen LogP contribution in [0.2, 0.25) is 0 Å². The van der Waals surface area contributed by atoms with Crippen LogP contribution in [0.4, 0.5) is 10.3 Å².